The summed E-state index contributed by atoms with van der Waals surface area (Å²) in [5.41, 5.74) is -0.524. The molecule has 2 aromatic rings. The van der Waals surface area contributed by atoms with Gasteiger partial charge >= 0.3 is 6.18 Å². The van der Waals surface area contributed by atoms with Crippen molar-refractivity contribution in [3.8, 4) is 0 Å². The Balaban J connectivity index is 2.54. The second-order valence-corrected chi connectivity index (χ2v) is 7.27. The highest BCUT2D eigenvalue weighted by Gasteiger charge is 2.47. The number of nitrogens with one attached hydrogen (secondary N) is 1. The molecule has 0 spiro atoms. The van der Waals surface area contributed by atoms with Crippen molar-refractivity contribution in [3.63, 3.8) is 0 Å². The topological polar surface area (TPSA) is 69.9 Å². The molecule has 24 heavy (non-hydrogen) atoms. The number of hydrogen-bond donors (Lipinski definition) is 1. The van der Waals surface area contributed by atoms with Gasteiger partial charge in [-0.05, 0) is 17.7 Å². The number of halogens is 5. The molecule has 0 fully saturated rings. The van der Waals surface area contributed by atoms with Crippen LogP contribution in [-0.4, -0.2) is 31.7 Å². The van der Waals surface area contributed by atoms with E-state index in [1.54, 1.807) is 0 Å². The molecule has 1 aromatic carbocycles. The monoisotopic (exact) mass is 382 g/mol. The molecule has 0 aliphatic carbocycles. The highest BCUT2D eigenvalue weighted by Crippen LogP contribution is 2.40. The third-order valence-corrected chi connectivity index (χ3v) is 5.37. The predicted molar refractivity (Wildman–Crippen MR) is 79.1 cm³/mol. The smallest absolute Gasteiger partial charge is 0.243 e. The number of aromatic nitrogens is 2. The largest absolute Gasteiger partial charge is 0.409 e. The summed E-state index contributed by atoms with van der Waals surface area (Å²) in [5, 5.41) is -0.342. The molecule has 5 nitrogen and oxygen atoms in total. The maximum atomic E-state index is 13.6. The Labute approximate surface area is 140 Å². The molecule has 2 rings (SSSR count). The van der Waals surface area contributed by atoms with Crippen LogP contribution in [0.5, 0.6) is 0 Å². The molecular formula is C13H11ClF4N4OS. The van der Waals surface area contributed by atoms with Crippen LogP contribution >= 0.6 is 11.6 Å². The second kappa shape index (κ2) is 6.61. The Morgan fingerprint density at radius 2 is 1.88 bits per heavy atom. The summed E-state index contributed by atoms with van der Waals surface area (Å²) >= 11 is 5.49. The Hall–Kier alpha value is -1.78. The molecule has 2 atom stereocenters. The van der Waals surface area contributed by atoms with Crippen molar-refractivity contribution in [2.75, 3.05) is 7.05 Å². The first-order chi connectivity index (χ1) is 11.0. The van der Waals surface area contributed by atoms with Crippen LogP contribution in [0.25, 0.3) is 0 Å². The molecule has 0 amide bonds. The summed E-state index contributed by atoms with van der Waals surface area (Å²) in [6.45, 7) is 0. The van der Waals surface area contributed by atoms with Gasteiger partial charge in [-0.3, -0.25) is 0 Å². The third-order valence-electron chi connectivity index (χ3n) is 3.19. The summed E-state index contributed by atoms with van der Waals surface area (Å²) in [5.74, 6) is -1.05. The van der Waals surface area contributed by atoms with E-state index in [2.05, 4.69) is 9.97 Å². The van der Waals surface area contributed by atoms with Crippen LogP contribution in [0.15, 0.2) is 41.8 Å². The van der Waals surface area contributed by atoms with E-state index < -0.39 is 33.5 Å². The van der Waals surface area contributed by atoms with Crippen LogP contribution in [0.4, 0.5) is 17.6 Å². The zero-order valence-electron chi connectivity index (χ0n) is 12.1. The molecule has 130 valence electrons. The summed E-state index contributed by atoms with van der Waals surface area (Å²) in [6.07, 6.45) is -1.83. The molecule has 1 unspecified atom stereocenters. The van der Waals surface area contributed by atoms with Crippen molar-refractivity contribution in [2.45, 2.75) is 17.1 Å². The fourth-order valence-electron chi connectivity index (χ4n) is 2.03. The minimum atomic E-state index is -4.91. The minimum absolute atomic E-state index is 0.295. The molecule has 1 N–H and O–H groups in total. The van der Waals surface area contributed by atoms with E-state index in [0.29, 0.717) is 10.4 Å². The van der Waals surface area contributed by atoms with E-state index in [4.69, 9.17) is 16.4 Å². The van der Waals surface area contributed by atoms with E-state index in [1.165, 1.54) is 0 Å². The van der Waals surface area contributed by atoms with E-state index in [-0.39, 0.29) is 9.92 Å². The molecule has 0 aliphatic heterocycles. The van der Waals surface area contributed by atoms with Crippen LogP contribution in [0.3, 0.4) is 0 Å². The van der Waals surface area contributed by atoms with Crippen LogP contribution < -0.4 is 0 Å². The number of hydrogen-bond acceptors (Lipinski definition) is 4. The van der Waals surface area contributed by atoms with E-state index >= 15 is 0 Å². The van der Waals surface area contributed by atoms with Gasteiger partial charge in [0.05, 0.1) is 9.92 Å². The summed E-state index contributed by atoms with van der Waals surface area (Å²) in [7, 11) is -3.19. The summed E-state index contributed by atoms with van der Waals surface area (Å²) < 4.78 is 74.8. The van der Waals surface area contributed by atoms with Crippen molar-refractivity contribution in [2.24, 2.45) is 0 Å². The predicted octanol–water partition coefficient (Wildman–Crippen LogP) is 3.83. The van der Waals surface area contributed by atoms with Crippen molar-refractivity contribution in [1.82, 2.24) is 14.3 Å². The molecule has 0 radical (unpaired) electrons. The Morgan fingerprint density at radius 3 is 2.38 bits per heavy atom. The molecule has 0 saturated heterocycles. The van der Waals surface area contributed by atoms with Gasteiger partial charge in [0, 0.05) is 19.4 Å². The Kier molecular flexibility index (Phi) is 5.11. The maximum absolute atomic E-state index is 13.6. The van der Waals surface area contributed by atoms with Gasteiger partial charge < -0.3 is 0 Å². The number of benzene rings is 1. The highest BCUT2D eigenvalue weighted by molar-refractivity contribution is 7.90. The molecule has 11 heteroatoms. The van der Waals surface area contributed by atoms with Crippen molar-refractivity contribution in [1.29, 1.82) is 4.78 Å². The van der Waals surface area contributed by atoms with Crippen LogP contribution in [0.1, 0.15) is 11.6 Å². The average Bonchev–Trinajstić information content (AvgIpc) is 2.50. The van der Waals surface area contributed by atoms with Gasteiger partial charge in [-0.25, -0.2) is 27.7 Å². The average molecular weight is 383 g/mol. The molecular weight excluding hydrogens is 372 g/mol. The molecule has 0 aliphatic rings. The normalized spacial score (nSPS) is 16.0. The van der Waals surface area contributed by atoms with Crippen molar-refractivity contribution < 1.29 is 21.8 Å². The number of nitrogens with zero attached hydrogens (tertiary/aromatic N) is 3. The fourth-order valence-corrected chi connectivity index (χ4v) is 3.43. The fraction of sp³-hybridized carbons (Fsp3) is 0.231. The second-order valence-electron chi connectivity index (χ2n) is 4.76. The molecule has 1 aromatic heterocycles. The third kappa shape index (κ3) is 3.65. The molecule has 0 bridgehead atoms. The van der Waals surface area contributed by atoms with Gasteiger partial charge in [0.1, 0.15) is 28.1 Å². The summed E-state index contributed by atoms with van der Waals surface area (Å²) in [4.78, 5) is 6.82. The van der Waals surface area contributed by atoms with Crippen molar-refractivity contribution in [3.05, 3.63) is 53.3 Å². The highest BCUT2D eigenvalue weighted by atomic mass is 35.5. The Morgan fingerprint density at radius 1 is 1.29 bits per heavy atom. The lowest BCUT2D eigenvalue weighted by molar-refractivity contribution is -0.170. The lowest BCUT2D eigenvalue weighted by Gasteiger charge is -2.31. The quantitative estimate of drug-likeness (QED) is 0.817. The van der Waals surface area contributed by atoms with Crippen molar-refractivity contribution >= 4 is 21.5 Å². The maximum Gasteiger partial charge on any atom is 0.409 e. The van der Waals surface area contributed by atoms with Gasteiger partial charge in [0.25, 0.3) is 0 Å². The number of alkyl halides is 3. The van der Waals surface area contributed by atoms with Crippen LogP contribution in [0.2, 0.25) is 5.02 Å². The van der Waals surface area contributed by atoms with Crippen LogP contribution in [-0.2, 0) is 9.92 Å². The van der Waals surface area contributed by atoms with Gasteiger partial charge in [-0.2, -0.15) is 13.2 Å². The first-order valence-corrected chi connectivity index (χ1v) is 8.23. The lowest BCUT2D eigenvalue weighted by Crippen LogP contribution is -2.39. The van der Waals surface area contributed by atoms with Crippen LogP contribution in [0, 0.1) is 10.6 Å². The van der Waals surface area contributed by atoms with Gasteiger partial charge in [-0.1, -0.05) is 17.7 Å². The standard InChI is InChI=1S/C13H11ClF4N4OS/c1-22(24(19,23)9-5-20-7-21-6-9)12(13(16,17)18)8-2-3-10(14)11(15)4-8/h2-7,12,19H,1H3/t12-,24?/m1/s1. The minimum Gasteiger partial charge on any atom is -0.243 e. The zero-order valence-corrected chi connectivity index (χ0v) is 13.7. The van der Waals surface area contributed by atoms with E-state index in [0.717, 1.165) is 37.9 Å². The summed E-state index contributed by atoms with van der Waals surface area (Å²) in [6, 6.07) is 0.0656. The number of rotatable bonds is 4. The first-order valence-electron chi connectivity index (χ1n) is 6.33. The van der Waals surface area contributed by atoms with E-state index in [9.17, 15) is 21.8 Å². The molecule has 1 heterocycles. The van der Waals surface area contributed by atoms with Gasteiger partial charge in [0.15, 0.2) is 0 Å². The first kappa shape index (κ1) is 18.6. The SMILES string of the molecule is CN([C@H](c1ccc(Cl)c(F)c1)C(F)(F)F)S(=N)(=O)c1cncnc1. The lowest BCUT2D eigenvalue weighted by atomic mass is 10.1. The van der Waals surface area contributed by atoms with E-state index in [1.807, 2.05) is 0 Å². The molecule has 0 saturated carbocycles. The van der Waals surface area contributed by atoms with Gasteiger partial charge in [-0.15, -0.1) is 0 Å². The Bertz CT molecular complexity index is 830. The van der Waals surface area contributed by atoms with Gasteiger partial charge in [0.2, 0.25) is 0 Å². The zero-order chi connectivity index (χ0) is 18.1.